The summed E-state index contributed by atoms with van der Waals surface area (Å²) >= 11 is 1.72. The van der Waals surface area contributed by atoms with Crippen molar-refractivity contribution in [2.75, 3.05) is 13.1 Å². The van der Waals surface area contributed by atoms with Crippen molar-refractivity contribution >= 4 is 41.3 Å². The number of thiazole rings is 1. The normalized spacial score (nSPS) is 11.3. The Morgan fingerprint density at radius 1 is 1.20 bits per heavy atom. The molecule has 0 unspecified atom stereocenters. The summed E-state index contributed by atoms with van der Waals surface area (Å²) in [6.07, 6.45) is 2.17. The largest absolute Gasteiger partial charge is 0.357 e. The Kier molecular flexibility index (Phi) is 10.7. The Morgan fingerprint density at radius 2 is 1.96 bits per heavy atom. The van der Waals surface area contributed by atoms with Crippen LogP contribution in [-0.2, 0) is 13.0 Å². The SMILES string of the molecule is CCNC(=NCc1csc(C(C)C)n1)NCCCc1ccccc1.I. The van der Waals surface area contributed by atoms with Gasteiger partial charge in [0.25, 0.3) is 0 Å². The van der Waals surface area contributed by atoms with Gasteiger partial charge in [0, 0.05) is 24.4 Å². The number of aryl methyl sites for hydroxylation is 1. The zero-order valence-electron chi connectivity index (χ0n) is 15.3. The number of aromatic nitrogens is 1. The van der Waals surface area contributed by atoms with Gasteiger partial charge in [-0.3, -0.25) is 0 Å². The molecule has 2 N–H and O–H groups in total. The highest BCUT2D eigenvalue weighted by atomic mass is 127. The van der Waals surface area contributed by atoms with Gasteiger partial charge in [0.15, 0.2) is 5.96 Å². The minimum Gasteiger partial charge on any atom is -0.357 e. The fourth-order valence-corrected chi connectivity index (χ4v) is 3.13. The summed E-state index contributed by atoms with van der Waals surface area (Å²) in [7, 11) is 0. The molecule has 6 heteroatoms. The summed E-state index contributed by atoms with van der Waals surface area (Å²) in [4.78, 5) is 9.27. The minimum absolute atomic E-state index is 0. The maximum atomic E-state index is 4.64. The van der Waals surface area contributed by atoms with Crippen LogP contribution in [0.1, 0.15) is 49.4 Å². The second kappa shape index (κ2) is 12.2. The van der Waals surface area contributed by atoms with Gasteiger partial charge >= 0.3 is 0 Å². The molecule has 138 valence electrons. The Bertz CT molecular complexity index is 625. The third-order valence-electron chi connectivity index (χ3n) is 3.58. The minimum atomic E-state index is 0. The van der Waals surface area contributed by atoms with Crippen molar-refractivity contribution in [1.29, 1.82) is 0 Å². The predicted octanol–water partition coefficient (Wildman–Crippen LogP) is 4.57. The van der Waals surface area contributed by atoms with E-state index in [4.69, 9.17) is 0 Å². The third-order valence-corrected chi connectivity index (χ3v) is 4.78. The monoisotopic (exact) mass is 472 g/mol. The molecule has 0 atom stereocenters. The van der Waals surface area contributed by atoms with Crippen molar-refractivity contribution in [2.45, 2.75) is 46.1 Å². The summed E-state index contributed by atoms with van der Waals surface area (Å²) in [5, 5.41) is 9.99. The third kappa shape index (κ3) is 8.18. The summed E-state index contributed by atoms with van der Waals surface area (Å²) in [6.45, 7) is 8.82. The maximum absolute atomic E-state index is 4.64. The Morgan fingerprint density at radius 3 is 2.60 bits per heavy atom. The van der Waals surface area contributed by atoms with Gasteiger partial charge in [-0.25, -0.2) is 9.98 Å². The molecular formula is C19H29IN4S. The number of hydrogen-bond acceptors (Lipinski definition) is 3. The highest BCUT2D eigenvalue weighted by molar-refractivity contribution is 14.0. The van der Waals surface area contributed by atoms with Crippen molar-refractivity contribution in [3.05, 3.63) is 52.0 Å². The van der Waals surface area contributed by atoms with Crippen molar-refractivity contribution in [3.63, 3.8) is 0 Å². The van der Waals surface area contributed by atoms with E-state index in [1.807, 2.05) is 0 Å². The van der Waals surface area contributed by atoms with Gasteiger partial charge in [-0.1, -0.05) is 44.2 Å². The molecule has 4 nitrogen and oxygen atoms in total. The number of guanidine groups is 1. The van der Waals surface area contributed by atoms with Crippen LogP contribution in [0.4, 0.5) is 0 Å². The zero-order valence-corrected chi connectivity index (χ0v) is 18.4. The van der Waals surface area contributed by atoms with Crippen LogP contribution in [0.5, 0.6) is 0 Å². The number of rotatable bonds is 8. The van der Waals surface area contributed by atoms with Crippen LogP contribution in [0.2, 0.25) is 0 Å². The Balaban J connectivity index is 0.00000312. The average Bonchev–Trinajstić information content (AvgIpc) is 3.06. The van der Waals surface area contributed by atoms with Crippen molar-refractivity contribution < 1.29 is 0 Å². The van der Waals surface area contributed by atoms with E-state index < -0.39 is 0 Å². The molecule has 0 spiro atoms. The number of aliphatic imine (C=N–C) groups is 1. The number of nitrogens with zero attached hydrogens (tertiary/aromatic N) is 2. The van der Waals surface area contributed by atoms with E-state index in [-0.39, 0.29) is 24.0 Å². The Labute approximate surface area is 172 Å². The van der Waals surface area contributed by atoms with E-state index in [0.29, 0.717) is 12.5 Å². The van der Waals surface area contributed by atoms with E-state index in [0.717, 1.165) is 37.6 Å². The van der Waals surface area contributed by atoms with E-state index in [2.05, 4.69) is 77.1 Å². The predicted molar refractivity (Wildman–Crippen MR) is 119 cm³/mol. The van der Waals surface area contributed by atoms with Gasteiger partial charge in [0.1, 0.15) is 0 Å². The maximum Gasteiger partial charge on any atom is 0.191 e. The van der Waals surface area contributed by atoms with Crippen molar-refractivity contribution in [1.82, 2.24) is 15.6 Å². The first-order chi connectivity index (χ1) is 11.7. The van der Waals surface area contributed by atoms with Crippen LogP contribution in [0.25, 0.3) is 0 Å². The van der Waals surface area contributed by atoms with Crippen LogP contribution in [0.15, 0.2) is 40.7 Å². The quantitative estimate of drug-likeness (QED) is 0.256. The molecule has 0 aliphatic carbocycles. The lowest BCUT2D eigenvalue weighted by molar-refractivity contribution is 0.742. The smallest absolute Gasteiger partial charge is 0.191 e. The van der Waals surface area contributed by atoms with Crippen molar-refractivity contribution in [3.8, 4) is 0 Å². The molecule has 0 saturated carbocycles. The second-order valence-electron chi connectivity index (χ2n) is 6.04. The molecule has 2 aromatic rings. The zero-order chi connectivity index (χ0) is 17.2. The number of benzene rings is 1. The molecule has 0 aliphatic rings. The van der Waals surface area contributed by atoms with E-state index in [9.17, 15) is 0 Å². The molecule has 1 heterocycles. The van der Waals surface area contributed by atoms with Gasteiger partial charge in [-0.15, -0.1) is 35.3 Å². The summed E-state index contributed by atoms with van der Waals surface area (Å²) in [6, 6.07) is 10.6. The standard InChI is InChI=1S/C19H28N4S.HI/c1-4-20-19(21-12-8-11-16-9-6-5-7-10-16)22-13-17-14-24-18(23-17)15(2)3;/h5-7,9-10,14-15H,4,8,11-13H2,1-3H3,(H2,20,21,22);1H. The van der Waals surface area contributed by atoms with Crippen LogP contribution >= 0.6 is 35.3 Å². The molecule has 0 saturated heterocycles. The lowest BCUT2D eigenvalue weighted by atomic mass is 10.1. The number of hydrogen-bond donors (Lipinski definition) is 2. The van der Waals surface area contributed by atoms with Crippen LogP contribution in [-0.4, -0.2) is 24.0 Å². The fraction of sp³-hybridized carbons (Fsp3) is 0.474. The molecule has 1 aromatic heterocycles. The fourth-order valence-electron chi connectivity index (χ4n) is 2.31. The van der Waals surface area contributed by atoms with E-state index in [1.54, 1.807) is 11.3 Å². The first-order valence-corrected chi connectivity index (χ1v) is 9.57. The lowest BCUT2D eigenvalue weighted by Crippen LogP contribution is -2.37. The number of nitrogens with one attached hydrogen (secondary N) is 2. The van der Waals surface area contributed by atoms with Gasteiger partial charge < -0.3 is 10.6 Å². The molecule has 25 heavy (non-hydrogen) atoms. The molecule has 0 aliphatic heterocycles. The van der Waals surface area contributed by atoms with Crippen LogP contribution < -0.4 is 10.6 Å². The lowest BCUT2D eigenvalue weighted by Gasteiger charge is -2.11. The molecule has 0 bridgehead atoms. The summed E-state index contributed by atoms with van der Waals surface area (Å²) < 4.78 is 0. The molecule has 2 rings (SSSR count). The Hall–Kier alpha value is -1.15. The highest BCUT2D eigenvalue weighted by Crippen LogP contribution is 2.19. The first kappa shape index (κ1) is 21.9. The molecule has 0 amide bonds. The molecule has 0 radical (unpaired) electrons. The van der Waals surface area contributed by atoms with Gasteiger partial charge in [-0.2, -0.15) is 0 Å². The summed E-state index contributed by atoms with van der Waals surface area (Å²) in [5.41, 5.74) is 2.43. The number of halogens is 1. The molecule has 0 fully saturated rings. The average molecular weight is 472 g/mol. The van der Waals surface area contributed by atoms with Gasteiger partial charge in [0.05, 0.1) is 17.2 Å². The first-order valence-electron chi connectivity index (χ1n) is 8.69. The van der Waals surface area contributed by atoms with Gasteiger partial charge in [-0.05, 0) is 25.3 Å². The van der Waals surface area contributed by atoms with Crippen LogP contribution in [0.3, 0.4) is 0 Å². The second-order valence-corrected chi connectivity index (χ2v) is 6.93. The highest BCUT2D eigenvalue weighted by Gasteiger charge is 2.05. The topological polar surface area (TPSA) is 49.3 Å². The summed E-state index contributed by atoms with van der Waals surface area (Å²) in [5.74, 6) is 1.35. The van der Waals surface area contributed by atoms with E-state index >= 15 is 0 Å². The van der Waals surface area contributed by atoms with Crippen LogP contribution in [0, 0.1) is 0 Å². The molecular weight excluding hydrogens is 443 g/mol. The molecule has 1 aromatic carbocycles. The van der Waals surface area contributed by atoms with E-state index in [1.165, 1.54) is 10.6 Å². The van der Waals surface area contributed by atoms with Crippen molar-refractivity contribution in [2.24, 2.45) is 4.99 Å². The van der Waals surface area contributed by atoms with Gasteiger partial charge in [0.2, 0.25) is 0 Å².